The first kappa shape index (κ1) is 22.7. The zero-order valence-corrected chi connectivity index (χ0v) is 20.4. The van der Waals surface area contributed by atoms with Crippen molar-refractivity contribution in [2.24, 2.45) is 11.8 Å². The summed E-state index contributed by atoms with van der Waals surface area (Å²) in [4.78, 5) is 39.2. The Labute approximate surface area is 196 Å². The minimum Gasteiger partial charge on any atom is -0.451 e. The number of ether oxygens (including phenoxy) is 3. The summed E-state index contributed by atoms with van der Waals surface area (Å²) in [5.41, 5.74) is 0.834. The molecule has 1 saturated carbocycles. The van der Waals surface area contributed by atoms with E-state index < -0.39 is 34.8 Å². The smallest absolute Gasteiger partial charge is 0.338 e. The van der Waals surface area contributed by atoms with E-state index in [1.54, 1.807) is 48.5 Å². The zero-order chi connectivity index (χ0) is 23.2. The highest BCUT2D eigenvalue weighted by Gasteiger charge is 2.80. The van der Waals surface area contributed by atoms with Gasteiger partial charge >= 0.3 is 11.9 Å². The third-order valence-electron chi connectivity index (χ3n) is 7.19. The molecule has 0 amide bonds. The average molecular weight is 484 g/mol. The van der Waals surface area contributed by atoms with Gasteiger partial charge in [-0.05, 0) is 44.0 Å². The highest BCUT2D eigenvalue weighted by Crippen LogP contribution is 2.72. The number of esters is 2. The van der Waals surface area contributed by atoms with Crippen LogP contribution >= 0.6 is 17.2 Å². The Hall–Kier alpha value is -2.13. The van der Waals surface area contributed by atoms with Gasteiger partial charge in [0, 0.05) is 12.3 Å². The standard InChI is InChI=1S/C25H26O6P2/c1-32-24-17-13-14-18(26)19(17)25(31-24,33-2)21(30-23(28)16-11-7-4-8-12-16)20(24)29-22(27)15-9-5-3-6-10-15/h3-12,17,19-21,32-33H,13-14H2,1-2H3. The molecular formula is C25H26O6P2. The van der Waals surface area contributed by atoms with Crippen molar-refractivity contribution in [3.63, 3.8) is 0 Å². The van der Waals surface area contributed by atoms with Gasteiger partial charge in [-0.2, -0.15) is 0 Å². The van der Waals surface area contributed by atoms with Crippen molar-refractivity contribution >= 4 is 34.9 Å². The molecule has 3 fully saturated rings. The van der Waals surface area contributed by atoms with E-state index in [0.717, 1.165) is 0 Å². The molecule has 8 heteroatoms. The van der Waals surface area contributed by atoms with Crippen LogP contribution in [0.4, 0.5) is 0 Å². The molecule has 2 bridgehead atoms. The van der Waals surface area contributed by atoms with Crippen LogP contribution in [0.1, 0.15) is 33.6 Å². The molecule has 0 aromatic heterocycles. The largest absolute Gasteiger partial charge is 0.451 e. The summed E-state index contributed by atoms with van der Waals surface area (Å²) in [6.45, 7) is 3.99. The predicted molar refractivity (Wildman–Crippen MR) is 128 cm³/mol. The molecule has 8 atom stereocenters. The maximum absolute atomic E-state index is 13.1. The number of rotatable bonds is 6. The van der Waals surface area contributed by atoms with Crippen LogP contribution in [-0.2, 0) is 19.0 Å². The summed E-state index contributed by atoms with van der Waals surface area (Å²) < 4.78 is 18.9. The van der Waals surface area contributed by atoms with Crippen LogP contribution in [0.25, 0.3) is 0 Å². The molecular weight excluding hydrogens is 458 g/mol. The third kappa shape index (κ3) is 3.38. The van der Waals surface area contributed by atoms with Crippen LogP contribution < -0.4 is 0 Å². The topological polar surface area (TPSA) is 78.9 Å². The fraction of sp³-hybridized carbons (Fsp3) is 0.400. The third-order valence-corrected chi connectivity index (χ3v) is 10.2. The SMILES string of the molecule is CPC12OC(PC)(C(OC(=O)c3ccccc3)C1OC(=O)c1ccccc1)C1C(=O)CCC12. The van der Waals surface area contributed by atoms with Crippen molar-refractivity contribution in [2.45, 2.75) is 35.7 Å². The van der Waals surface area contributed by atoms with Crippen LogP contribution in [0, 0.1) is 11.8 Å². The van der Waals surface area contributed by atoms with Crippen molar-refractivity contribution in [1.82, 2.24) is 0 Å². The maximum Gasteiger partial charge on any atom is 0.338 e. The second-order valence-electron chi connectivity index (χ2n) is 8.66. The van der Waals surface area contributed by atoms with Gasteiger partial charge in [0.2, 0.25) is 0 Å². The lowest BCUT2D eigenvalue weighted by molar-refractivity contribution is -0.127. The van der Waals surface area contributed by atoms with Gasteiger partial charge in [0.05, 0.1) is 17.0 Å². The monoisotopic (exact) mass is 484 g/mol. The molecule has 0 spiro atoms. The summed E-state index contributed by atoms with van der Waals surface area (Å²) in [6, 6.07) is 17.5. The summed E-state index contributed by atoms with van der Waals surface area (Å²) in [5.74, 6) is -1.21. The van der Waals surface area contributed by atoms with E-state index in [0.29, 0.717) is 24.0 Å². The molecule has 1 aliphatic carbocycles. The van der Waals surface area contributed by atoms with E-state index >= 15 is 0 Å². The lowest BCUT2D eigenvalue weighted by Crippen LogP contribution is -2.58. The Kier molecular flexibility index (Phi) is 5.89. The maximum atomic E-state index is 13.1. The number of Topliss-reactive ketones (excluding diaryl/α,β-unsaturated/α-hetero) is 1. The number of fused-ring (bicyclic) bond motifs is 5. The van der Waals surface area contributed by atoms with Crippen LogP contribution in [0.2, 0.25) is 0 Å². The molecule has 0 radical (unpaired) electrons. The van der Waals surface area contributed by atoms with E-state index in [9.17, 15) is 14.4 Å². The lowest BCUT2D eigenvalue weighted by atomic mass is 9.77. The van der Waals surface area contributed by atoms with Crippen molar-refractivity contribution in [1.29, 1.82) is 0 Å². The Morgan fingerprint density at radius 1 is 0.848 bits per heavy atom. The molecule has 2 heterocycles. The van der Waals surface area contributed by atoms with Gasteiger partial charge in [0.1, 0.15) is 16.5 Å². The molecule has 2 saturated heterocycles. The fourth-order valence-corrected chi connectivity index (χ4v) is 8.75. The minimum atomic E-state index is -0.965. The second kappa shape index (κ2) is 8.58. The van der Waals surface area contributed by atoms with Crippen LogP contribution in [0.15, 0.2) is 60.7 Å². The lowest BCUT2D eigenvalue weighted by Gasteiger charge is -2.43. The Bertz CT molecular complexity index is 1080. The summed E-state index contributed by atoms with van der Waals surface area (Å²) in [6.07, 6.45) is -0.441. The Balaban J connectivity index is 1.56. The molecule has 6 nitrogen and oxygen atoms in total. The molecule has 172 valence electrons. The molecule has 2 aromatic rings. The Morgan fingerprint density at radius 3 is 1.82 bits per heavy atom. The summed E-state index contributed by atoms with van der Waals surface area (Å²) >= 11 is 0. The number of hydrogen-bond acceptors (Lipinski definition) is 6. The van der Waals surface area contributed by atoms with Crippen LogP contribution in [0.5, 0.6) is 0 Å². The Morgan fingerprint density at radius 2 is 1.33 bits per heavy atom. The van der Waals surface area contributed by atoms with Crippen molar-refractivity contribution in [3.8, 4) is 0 Å². The first-order valence-corrected chi connectivity index (χ1v) is 14.1. The first-order chi connectivity index (χ1) is 16.0. The minimum absolute atomic E-state index is 0.0407. The summed E-state index contributed by atoms with van der Waals surface area (Å²) in [7, 11) is 0.444. The quantitative estimate of drug-likeness (QED) is 0.454. The number of ketones is 1. The normalized spacial score (nSPS) is 34.9. The van der Waals surface area contributed by atoms with Gasteiger partial charge in [0.25, 0.3) is 0 Å². The van der Waals surface area contributed by atoms with Crippen molar-refractivity contribution in [3.05, 3.63) is 71.8 Å². The first-order valence-electron chi connectivity index (χ1n) is 11.1. The van der Waals surface area contributed by atoms with Gasteiger partial charge in [0.15, 0.2) is 12.2 Å². The van der Waals surface area contributed by atoms with E-state index in [-0.39, 0.29) is 34.8 Å². The van der Waals surface area contributed by atoms with Gasteiger partial charge in [-0.3, -0.25) is 4.79 Å². The van der Waals surface area contributed by atoms with Gasteiger partial charge in [-0.15, -0.1) is 0 Å². The number of benzene rings is 2. The molecule has 33 heavy (non-hydrogen) atoms. The molecule has 5 rings (SSSR count). The molecule has 2 aliphatic heterocycles. The summed E-state index contributed by atoms with van der Waals surface area (Å²) in [5, 5.41) is -1.79. The van der Waals surface area contributed by atoms with E-state index in [4.69, 9.17) is 14.2 Å². The van der Waals surface area contributed by atoms with Crippen molar-refractivity contribution < 1.29 is 28.6 Å². The van der Waals surface area contributed by atoms with Crippen LogP contribution in [-0.4, -0.2) is 53.9 Å². The molecule has 3 aliphatic rings. The van der Waals surface area contributed by atoms with Gasteiger partial charge in [-0.1, -0.05) is 53.6 Å². The second-order valence-corrected chi connectivity index (χ2v) is 11.2. The zero-order valence-electron chi connectivity index (χ0n) is 18.4. The average Bonchev–Trinajstić information content (AvgIpc) is 3.48. The van der Waals surface area contributed by atoms with Gasteiger partial charge in [-0.25, -0.2) is 9.59 Å². The number of carbonyl (C=O) groups excluding carboxylic acids is 3. The van der Waals surface area contributed by atoms with Crippen LogP contribution in [0.3, 0.4) is 0 Å². The van der Waals surface area contributed by atoms with E-state index in [1.807, 2.05) is 25.5 Å². The number of carbonyl (C=O) groups is 3. The van der Waals surface area contributed by atoms with E-state index in [1.165, 1.54) is 0 Å². The number of hydrogen-bond donors (Lipinski definition) is 0. The fourth-order valence-electron chi connectivity index (χ4n) is 5.76. The molecule has 8 unspecified atom stereocenters. The van der Waals surface area contributed by atoms with Gasteiger partial charge < -0.3 is 14.2 Å². The van der Waals surface area contributed by atoms with Crippen molar-refractivity contribution in [2.75, 3.05) is 13.3 Å². The molecule has 2 aromatic carbocycles. The highest BCUT2D eigenvalue weighted by molar-refractivity contribution is 7.40. The molecule has 0 N–H and O–H groups in total. The van der Waals surface area contributed by atoms with E-state index in [2.05, 4.69) is 0 Å². The highest BCUT2D eigenvalue weighted by atomic mass is 31.1. The predicted octanol–water partition coefficient (Wildman–Crippen LogP) is 4.09.